The highest BCUT2D eigenvalue weighted by atomic mass is 35.5. The van der Waals surface area contributed by atoms with E-state index >= 15 is 0 Å². The van der Waals surface area contributed by atoms with E-state index in [0.29, 0.717) is 13.1 Å². The van der Waals surface area contributed by atoms with E-state index < -0.39 is 10.8 Å². The van der Waals surface area contributed by atoms with Crippen LogP contribution >= 0.6 is 35.3 Å². The number of nitrogens with zero attached hydrogens (tertiary/aromatic N) is 4. The number of carbonyl (C=O) groups excluding carboxylic acids is 1. The number of halogens is 2. The van der Waals surface area contributed by atoms with Crippen LogP contribution in [0, 0.1) is 24.0 Å². The first-order chi connectivity index (χ1) is 15.3. The van der Waals surface area contributed by atoms with Crippen molar-refractivity contribution in [2.24, 2.45) is 0 Å². The Morgan fingerprint density at radius 3 is 2.55 bits per heavy atom. The molecule has 8 nitrogen and oxygen atoms in total. The first-order valence-corrected chi connectivity index (χ1v) is 11.6. The minimum absolute atomic E-state index is 0. The van der Waals surface area contributed by atoms with Gasteiger partial charge in [0.25, 0.3) is 11.6 Å². The molecule has 0 radical (unpaired) electrons. The number of amides is 1. The Bertz CT molecular complexity index is 1140. The molecule has 1 aromatic heterocycles. The fraction of sp³-hybridized carbons (Fsp3) is 0.364. The topological polar surface area (TPSA) is 91.6 Å². The summed E-state index contributed by atoms with van der Waals surface area (Å²) in [4.78, 5) is 32.3. The van der Waals surface area contributed by atoms with Gasteiger partial charge in [-0.15, -0.1) is 12.4 Å². The van der Waals surface area contributed by atoms with E-state index in [9.17, 15) is 14.9 Å². The van der Waals surface area contributed by atoms with Crippen LogP contribution in [0.25, 0.3) is 10.2 Å². The van der Waals surface area contributed by atoms with Gasteiger partial charge in [0.05, 0.1) is 25.7 Å². The van der Waals surface area contributed by atoms with Gasteiger partial charge in [0.15, 0.2) is 5.13 Å². The third-order valence-corrected chi connectivity index (χ3v) is 7.27. The van der Waals surface area contributed by atoms with Crippen LogP contribution in [-0.2, 0) is 0 Å². The molecule has 176 valence electrons. The molecule has 0 bridgehead atoms. The molecular formula is C22H25Cl2N5O3S. The summed E-state index contributed by atoms with van der Waals surface area (Å²) in [5, 5.41) is 15.0. The van der Waals surface area contributed by atoms with Gasteiger partial charge in [0.2, 0.25) is 0 Å². The Hall–Kier alpha value is -2.46. The molecule has 0 atom stereocenters. The summed E-state index contributed by atoms with van der Waals surface area (Å²) in [5.41, 5.74) is 3.51. The molecule has 3 aromatic rings. The van der Waals surface area contributed by atoms with Crippen LogP contribution in [0.15, 0.2) is 30.3 Å². The van der Waals surface area contributed by atoms with Gasteiger partial charge in [0.1, 0.15) is 0 Å². The number of thiazole rings is 1. The number of rotatable bonds is 6. The average molecular weight is 510 g/mol. The van der Waals surface area contributed by atoms with Crippen molar-refractivity contribution in [1.82, 2.24) is 15.2 Å². The highest BCUT2D eigenvalue weighted by Crippen LogP contribution is 2.33. The third-order valence-electron chi connectivity index (χ3n) is 5.69. The number of aryl methyl sites for hydroxylation is 2. The van der Waals surface area contributed by atoms with Crippen molar-refractivity contribution in [3.8, 4) is 0 Å². The lowest BCUT2D eigenvalue weighted by Gasteiger charge is -2.34. The quantitative estimate of drug-likeness (QED) is 0.389. The lowest BCUT2D eigenvalue weighted by Crippen LogP contribution is -2.48. The molecule has 0 unspecified atom stereocenters. The van der Waals surface area contributed by atoms with E-state index in [1.54, 1.807) is 11.3 Å². The van der Waals surface area contributed by atoms with Crippen molar-refractivity contribution < 1.29 is 9.72 Å². The number of non-ortho nitro benzene ring substituents is 1. The maximum absolute atomic E-state index is 12.4. The lowest BCUT2D eigenvalue weighted by atomic mass is 10.1. The summed E-state index contributed by atoms with van der Waals surface area (Å²) in [6.07, 6.45) is 0. The fourth-order valence-corrected chi connectivity index (χ4v) is 5.14. The van der Waals surface area contributed by atoms with Gasteiger partial charge in [-0.1, -0.05) is 35.1 Å². The number of anilines is 1. The zero-order valence-electron chi connectivity index (χ0n) is 18.3. The SMILES string of the molecule is Cc1ccc(C)c2sc(N3CCN(CCNC(=O)c4cc([N+](=O)[O-])ccc4Cl)CC3)nc12.Cl. The fourth-order valence-electron chi connectivity index (χ4n) is 3.77. The van der Waals surface area contributed by atoms with Gasteiger partial charge in [-0.3, -0.25) is 19.8 Å². The molecule has 1 aliphatic rings. The van der Waals surface area contributed by atoms with Crippen LogP contribution in [0.4, 0.5) is 10.8 Å². The number of nitrogens with one attached hydrogen (secondary N) is 1. The molecule has 1 N–H and O–H groups in total. The molecule has 2 heterocycles. The van der Waals surface area contributed by atoms with Crippen LogP contribution in [0.1, 0.15) is 21.5 Å². The molecule has 1 aliphatic heterocycles. The van der Waals surface area contributed by atoms with E-state index in [4.69, 9.17) is 16.6 Å². The highest BCUT2D eigenvalue weighted by molar-refractivity contribution is 7.22. The van der Waals surface area contributed by atoms with E-state index in [1.807, 2.05) is 0 Å². The summed E-state index contributed by atoms with van der Waals surface area (Å²) in [7, 11) is 0. The van der Waals surface area contributed by atoms with Gasteiger partial charge in [0, 0.05) is 51.4 Å². The Morgan fingerprint density at radius 1 is 1.18 bits per heavy atom. The molecule has 2 aromatic carbocycles. The first kappa shape index (κ1) is 25.2. The Balaban J connectivity index is 0.00000306. The van der Waals surface area contributed by atoms with E-state index in [-0.39, 0.29) is 28.7 Å². The van der Waals surface area contributed by atoms with Gasteiger partial charge in [-0.2, -0.15) is 0 Å². The molecule has 1 saturated heterocycles. The monoisotopic (exact) mass is 509 g/mol. The average Bonchev–Trinajstić information content (AvgIpc) is 3.24. The molecule has 0 spiro atoms. The lowest BCUT2D eigenvalue weighted by molar-refractivity contribution is -0.384. The zero-order valence-corrected chi connectivity index (χ0v) is 20.7. The second kappa shape index (κ2) is 10.6. The van der Waals surface area contributed by atoms with Crippen molar-refractivity contribution >= 4 is 62.3 Å². The highest BCUT2D eigenvalue weighted by Gasteiger charge is 2.21. The van der Waals surface area contributed by atoms with Crippen molar-refractivity contribution in [2.45, 2.75) is 13.8 Å². The number of hydrogen-bond acceptors (Lipinski definition) is 7. The first-order valence-electron chi connectivity index (χ1n) is 10.4. The maximum Gasteiger partial charge on any atom is 0.270 e. The van der Waals surface area contributed by atoms with Gasteiger partial charge in [-0.05, 0) is 31.0 Å². The van der Waals surface area contributed by atoms with Crippen molar-refractivity contribution in [3.05, 3.63) is 62.2 Å². The molecule has 0 saturated carbocycles. The molecule has 11 heteroatoms. The number of nitro groups is 1. The molecule has 4 rings (SSSR count). The van der Waals surface area contributed by atoms with Crippen molar-refractivity contribution in [1.29, 1.82) is 0 Å². The van der Waals surface area contributed by atoms with Crippen molar-refractivity contribution in [3.63, 3.8) is 0 Å². The molecule has 33 heavy (non-hydrogen) atoms. The summed E-state index contributed by atoms with van der Waals surface area (Å²) in [6.45, 7) is 8.87. The van der Waals surface area contributed by atoms with E-state index in [0.717, 1.165) is 36.8 Å². The predicted octanol–water partition coefficient (Wildman–Crippen LogP) is 4.45. The standard InChI is InChI=1S/C22H24ClN5O3S.ClH/c1-14-3-4-15(2)20-19(14)25-22(32-20)27-11-9-26(10-12-27)8-7-24-21(29)17-13-16(28(30)31)5-6-18(17)23;/h3-6,13H,7-12H2,1-2H3,(H,24,29);1H. The van der Waals surface area contributed by atoms with E-state index in [2.05, 4.69) is 41.1 Å². The largest absolute Gasteiger partial charge is 0.351 e. The normalized spacial score (nSPS) is 14.2. The molecule has 1 fully saturated rings. The summed E-state index contributed by atoms with van der Waals surface area (Å²) >= 11 is 7.79. The number of fused-ring (bicyclic) bond motifs is 1. The second-order valence-corrected chi connectivity index (χ2v) is 9.26. The zero-order chi connectivity index (χ0) is 22.8. The number of nitro benzene ring substituents is 1. The third kappa shape index (κ3) is 5.55. The Labute approximate surface area is 207 Å². The minimum Gasteiger partial charge on any atom is -0.351 e. The van der Waals surface area contributed by atoms with Gasteiger partial charge < -0.3 is 10.2 Å². The van der Waals surface area contributed by atoms with Crippen LogP contribution in [0.2, 0.25) is 5.02 Å². The smallest absolute Gasteiger partial charge is 0.270 e. The maximum atomic E-state index is 12.4. The minimum atomic E-state index is -0.541. The molecular weight excluding hydrogens is 485 g/mol. The van der Waals surface area contributed by atoms with Gasteiger partial charge in [-0.25, -0.2) is 4.98 Å². The number of hydrogen-bond donors (Lipinski definition) is 1. The van der Waals surface area contributed by atoms with E-state index in [1.165, 1.54) is 34.0 Å². The molecule has 1 amide bonds. The number of carbonyl (C=O) groups is 1. The van der Waals surface area contributed by atoms with Crippen LogP contribution < -0.4 is 10.2 Å². The summed E-state index contributed by atoms with van der Waals surface area (Å²) in [5.74, 6) is -0.405. The molecule has 0 aliphatic carbocycles. The van der Waals surface area contributed by atoms with Crippen LogP contribution in [0.3, 0.4) is 0 Å². The predicted molar refractivity (Wildman–Crippen MR) is 135 cm³/mol. The van der Waals surface area contributed by atoms with Crippen LogP contribution in [0.5, 0.6) is 0 Å². The van der Waals surface area contributed by atoms with Crippen molar-refractivity contribution in [2.75, 3.05) is 44.2 Å². The Morgan fingerprint density at radius 2 is 1.88 bits per heavy atom. The second-order valence-electron chi connectivity index (χ2n) is 7.88. The number of benzene rings is 2. The summed E-state index contributed by atoms with van der Waals surface area (Å²) in [6, 6.07) is 8.13. The number of piperazine rings is 1. The Kier molecular flexibility index (Phi) is 8.12. The van der Waals surface area contributed by atoms with Crippen LogP contribution in [-0.4, -0.2) is 60.0 Å². The van der Waals surface area contributed by atoms with Gasteiger partial charge >= 0.3 is 0 Å². The number of aromatic nitrogens is 1. The summed E-state index contributed by atoms with van der Waals surface area (Å²) < 4.78 is 1.25.